The van der Waals surface area contributed by atoms with Gasteiger partial charge in [-0.3, -0.25) is 9.69 Å². The van der Waals surface area contributed by atoms with E-state index in [4.69, 9.17) is 4.74 Å². The van der Waals surface area contributed by atoms with Crippen LogP contribution in [-0.2, 0) is 12.7 Å². The van der Waals surface area contributed by atoms with E-state index >= 15 is 0 Å². The molecule has 0 bridgehead atoms. The fraction of sp³-hybridized carbons (Fsp3) is 0.381. The molecule has 1 saturated heterocycles. The van der Waals surface area contributed by atoms with E-state index in [1.54, 1.807) is 12.1 Å². The second-order valence-electron chi connectivity index (χ2n) is 7.47. The van der Waals surface area contributed by atoms with Gasteiger partial charge in [0.25, 0.3) is 0 Å². The summed E-state index contributed by atoms with van der Waals surface area (Å²) in [5.74, 6) is -0.938. The Hall–Kier alpha value is -2.41. The molecule has 2 aromatic carbocycles. The highest BCUT2D eigenvalue weighted by atomic mass is 19.4. The van der Waals surface area contributed by atoms with E-state index in [1.807, 2.05) is 0 Å². The van der Waals surface area contributed by atoms with Crippen molar-refractivity contribution in [3.8, 4) is 5.75 Å². The molecule has 2 heterocycles. The molecule has 0 saturated carbocycles. The SMILES string of the molecule is O=C1CC2(CCN(Cc3ccc(F)cc3)CC2)Oc2c1cccc2C(F)(F)F. The fourth-order valence-corrected chi connectivity index (χ4v) is 3.98. The molecular weight excluding hydrogens is 374 g/mol. The molecule has 0 N–H and O–H groups in total. The average molecular weight is 393 g/mol. The molecule has 28 heavy (non-hydrogen) atoms. The lowest BCUT2D eigenvalue weighted by molar-refractivity contribution is -0.140. The minimum absolute atomic E-state index is 0.00851. The van der Waals surface area contributed by atoms with Crippen LogP contribution in [0.15, 0.2) is 42.5 Å². The number of ether oxygens (including phenoxy) is 1. The highest BCUT2D eigenvalue weighted by Gasteiger charge is 2.46. The summed E-state index contributed by atoms with van der Waals surface area (Å²) >= 11 is 0. The third-order valence-electron chi connectivity index (χ3n) is 5.51. The predicted molar refractivity (Wildman–Crippen MR) is 94.7 cm³/mol. The first-order valence-electron chi connectivity index (χ1n) is 9.15. The number of fused-ring (bicyclic) bond motifs is 1. The van der Waals surface area contributed by atoms with Crippen molar-refractivity contribution in [3.63, 3.8) is 0 Å². The first kappa shape index (κ1) is 18.9. The lowest BCUT2D eigenvalue weighted by Gasteiger charge is -2.44. The van der Waals surface area contributed by atoms with E-state index in [9.17, 15) is 22.4 Å². The highest BCUT2D eigenvalue weighted by Crippen LogP contribution is 2.45. The Morgan fingerprint density at radius 1 is 1.04 bits per heavy atom. The van der Waals surface area contributed by atoms with Gasteiger partial charge in [0.2, 0.25) is 0 Å². The summed E-state index contributed by atoms with van der Waals surface area (Å²) < 4.78 is 59.0. The lowest BCUT2D eigenvalue weighted by atomic mass is 9.82. The van der Waals surface area contributed by atoms with Crippen molar-refractivity contribution >= 4 is 5.78 Å². The van der Waals surface area contributed by atoms with Crippen LogP contribution in [0.3, 0.4) is 0 Å². The largest absolute Gasteiger partial charge is 0.485 e. The molecule has 0 unspecified atom stereocenters. The smallest absolute Gasteiger partial charge is 0.419 e. The van der Waals surface area contributed by atoms with Gasteiger partial charge in [-0.15, -0.1) is 0 Å². The monoisotopic (exact) mass is 393 g/mol. The Morgan fingerprint density at radius 2 is 1.71 bits per heavy atom. The van der Waals surface area contributed by atoms with Crippen molar-refractivity contribution in [1.82, 2.24) is 4.90 Å². The maximum absolute atomic E-state index is 13.4. The number of carbonyl (C=O) groups is 1. The van der Waals surface area contributed by atoms with Crippen LogP contribution in [0.2, 0.25) is 0 Å². The van der Waals surface area contributed by atoms with Gasteiger partial charge in [-0.25, -0.2) is 4.39 Å². The zero-order chi connectivity index (χ0) is 19.9. The number of hydrogen-bond donors (Lipinski definition) is 0. The molecular formula is C21H19F4NO2. The van der Waals surface area contributed by atoms with Crippen LogP contribution in [0.1, 0.15) is 40.7 Å². The van der Waals surface area contributed by atoms with Crippen molar-refractivity contribution in [2.24, 2.45) is 0 Å². The van der Waals surface area contributed by atoms with Gasteiger partial charge in [-0.1, -0.05) is 18.2 Å². The Morgan fingerprint density at radius 3 is 2.36 bits per heavy atom. The van der Waals surface area contributed by atoms with Crippen LogP contribution in [0.25, 0.3) is 0 Å². The number of para-hydroxylation sites is 1. The number of carbonyl (C=O) groups excluding carboxylic acids is 1. The zero-order valence-electron chi connectivity index (χ0n) is 15.1. The maximum atomic E-state index is 13.4. The summed E-state index contributed by atoms with van der Waals surface area (Å²) in [7, 11) is 0. The molecule has 0 aliphatic carbocycles. The normalized spacial score (nSPS) is 19.4. The Labute approximate surface area is 159 Å². The topological polar surface area (TPSA) is 29.5 Å². The molecule has 4 rings (SSSR count). The van der Waals surface area contributed by atoms with Crippen LogP contribution >= 0.6 is 0 Å². The number of alkyl halides is 3. The summed E-state index contributed by atoms with van der Waals surface area (Å²) in [4.78, 5) is 14.7. The van der Waals surface area contributed by atoms with E-state index in [1.165, 1.54) is 24.3 Å². The fourth-order valence-electron chi connectivity index (χ4n) is 3.98. The number of rotatable bonds is 2. The van der Waals surface area contributed by atoms with Crippen molar-refractivity contribution in [2.75, 3.05) is 13.1 Å². The van der Waals surface area contributed by atoms with Crippen molar-refractivity contribution in [2.45, 2.75) is 37.6 Å². The van der Waals surface area contributed by atoms with E-state index < -0.39 is 17.3 Å². The van der Waals surface area contributed by atoms with Crippen molar-refractivity contribution in [3.05, 3.63) is 65.0 Å². The van der Waals surface area contributed by atoms with Crippen molar-refractivity contribution in [1.29, 1.82) is 0 Å². The standard InChI is InChI=1S/C21H19F4NO2/c22-15-6-4-14(5-7-15)13-26-10-8-20(9-11-26)12-18(27)16-2-1-3-17(19(16)28-20)21(23,24)25/h1-7H,8-13H2. The van der Waals surface area contributed by atoms with Gasteiger partial charge in [-0.2, -0.15) is 13.2 Å². The van der Waals surface area contributed by atoms with Gasteiger partial charge in [0.1, 0.15) is 17.2 Å². The summed E-state index contributed by atoms with van der Waals surface area (Å²) in [6.45, 7) is 1.80. The van der Waals surface area contributed by atoms with E-state index in [0.717, 1.165) is 11.6 Å². The van der Waals surface area contributed by atoms with Crippen LogP contribution in [0.4, 0.5) is 17.6 Å². The quantitative estimate of drug-likeness (QED) is 0.684. The van der Waals surface area contributed by atoms with Gasteiger partial charge in [0, 0.05) is 32.5 Å². The molecule has 0 atom stereocenters. The Kier molecular flexibility index (Phi) is 4.65. The summed E-state index contributed by atoms with van der Waals surface area (Å²) in [5, 5.41) is 0. The van der Waals surface area contributed by atoms with E-state index in [-0.39, 0.29) is 29.3 Å². The Bertz CT molecular complexity index is 884. The zero-order valence-corrected chi connectivity index (χ0v) is 15.1. The third-order valence-corrected chi connectivity index (χ3v) is 5.51. The summed E-state index contributed by atoms with van der Waals surface area (Å²) in [6.07, 6.45) is -3.56. The van der Waals surface area contributed by atoms with Gasteiger partial charge in [0.05, 0.1) is 17.5 Å². The van der Waals surface area contributed by atoms with E-state index in [2.05, 4.69) is 4.90 Å². The summed E-state index contributed by atoms with van der Waals surface area (Å²) in [5.41, 5.74) is -0.826. The molecule has 2 aromatic rings. The van der Waals surface area contributed by atoms with Crippen LogP contribution in [-0.4, -0.2) is 29.4 Å². The molecule has 2 aliphatic rings. The number of halogens is 4. The number of hydrogen-bond acceptors (Lipinski definition) is 3. The molecule has 1 spiro atoms. The summed E-state index contributed by atoms with van der Waals surface area (Å²) in [6, 6.07) is 9.82. The van der Waals surface area contributed by atoms with Gasteiger partial charge < -0.3 is 4.74 Å². The lowest BCUT2D eigenvalue weighted by Crippen LogP contribution is -2.51. The van der Waals surface area contributed by atoms with Crippen LogP contribution in [0.5, 0.6) is 5.75 Å². The third kappa shape index (κ3) is 3.63. The number of ketones is 1. The molecule has 0 amide bonds. The van der Waals surface area contributed by atoms with Crippen LogP contribution in [0, 0.1) is 5.82 Å². The molecule has 0 aromatic heterocycles. The second kappa shape index (κ2) is 6.88. The van der Waals surface area contributed by atoms with Crippen molar-refractivity contribution < 1.29 is 27.1 Å². The van der Waals surface area contributed by atoms with Gasteiger partial charge in [-0.05, 0) is 29.8 Å². The molecule has 7 heteroatoms. The molecule has 3 nitrogen and oxygen atoms in total. The minimum Gasteiger partial charge on any atom is -0.485 e. The average Bonchev–Trinajstić information content (AvgIpc) is 2.64. The predicted octanol–water partition coefficient (Wildman–Crippen LogP) is 4.84. The number of nitrogens with zero attached hydrogens (tertiary/aromatic N) is 1. The number of benzene rings is 2. The highest BCUT2D eigenvalue weighted by molar-refractivity contribution is 6.00. The Balaban J connectivity index is 1.51. The number of piperidine rings is 1. The molecule has 2 aliphatic heterocycles. The van der Waals surface area contributed by atoms with Gasteiger partial charge >= 0.3 is 6.18 Å². The number of likely N-dealkylation sites (tertiary alicyclic amines) is 1. The second-order valence-corrected chi connectivity index (χ2v) is 7.47. The van der Waals surface area contributed by atoms with Gasteiger partial charge in [0.15, 0.2) is 5.78 Å². The maximum Gasteiger partial charge on any atom is 0.419 e. The molecule has 1 fully saturated rings. The van der Waals surface area contributed by atoms with Crippen LogP contribution < -0.4 is 4.74 Å². The number of Topliss-reactive ketones (excluding diaryl/α,β-unsaturated/α-hetero) is 1. The minimum atomic E-state index is -4.58. The van der Waals surface area contributed by atoms with E-state index in [0.29, 0.717) is 32.5 Å². The molecule has 148 valence electrons. The first-order chi connectivity index (χ1) is 13.3. The molecule has 0 radical (unpaired) electrons. The first-order valence-corrected chi connectivity index (χ1v) is 9.15.